The maximum absolute atomic E-state index is 6.05. The minimum absolute atomic E-state index is 0.531. The molecule has 0 aromatic heterocycles. The Morgan fingerprint density at radius 1 is 0.519 bits per heavy atom. The largest absolute Gasteiger partial charge is 0.679 e. The lowest BCUT2D eigenvalue weighted by Crippen LogP contribution is -2.56. The van der Waals surface area contributed by atoms with E-state index >= 15 is 0 Å². The van der Waals surface area contributed by atoms with Crippen molar-refractivity contribution in [1.29, 1.82) is 0 Å². The molecule has 0 amide bonds. The SMILES string of the molecule is c1ccc(N2CCO[Si]3(OCC2)OCCN(c2ccccc2)CCO3)cc1. The summed E-state index contributed by atoms with van der Waals surface area (Å²) in [7, 11) is -3.05. The minimum atomic E-state index is -3.05. The molecule has 27 heavy (non-hydrogen) atoms. The number of hydrogen-bond acceptors (Lipinski definition) is 6. The molecule has 2 aromatic rings. The van der Waals surface area contributed by atoms with Crippen molar-refractivity contribution >= 4 is 20.4 Å². The van der Waals surface area contributed by atoms with Gasteiger partial charge in [-0.25, -0.2) is 0 Å². The summed E-state index contributed by atoms with van der Waals surface area (Å²) in [5.74, 6) is 0. The molecule has 1 spiro atoms. The molecule has 0 radical (unpaired) electrons. The van der Waals surface area contributed by atoms with Gasteiger partial charge >= 0.3 is 9.05 Å². The minimum Gasteiger partial charge on any atom is -0.367 e. The van der Waals surface area contributed by atoms with Crippen LogP contribution < -0.4 is 9.80 Å². The van der Waals surface area contributed by atoms with Crippen LogP contribution in [0.15, 0.2) is 60.7 Å². The van der Waals surface area contributed by atoms with E-state index in [0.29, 0.717) is 26.4 Å². The summed E-state index contributed by atoms with van der Waals surface area (Å²) in [5.41, 5.74) is 2.36. The van der Waals surface area contributed by atoms with E-state index in [-0.39, 0.29) is 0 Å². The van der Waals surface area contributed by atoms with E-state index in [1.54, 1.807) is 0 Å². The zero-order valence-corrected chi connectivity index (χ0v) is 16.5. The Hall–Kier alpha value is -1.90. The van der Waals surface area contributed by atoms with Gasteiger partial charge in [0.25, 0.3) is 0 Å². The van der Waals surface area contributed by atoms with Crippen molar-refractivity contribution in [1.82, 2.24) is 0 Å². The molecule has 2 aromatic carbocycles. The summed E-state index contributed by atoms with van der Waals surface area (Å²) in [5, 5.41) is 0. The fourth-order valence-corrected chi connectivity index (χ4v) is 5.26. The van der Waals surface area contributed by atoms with Gasteiger partial charge in [0.15, 0.2) is 0 Å². The van der Waals surface area contributed by atoms with Gasteiger partial charge in [-0.05, 0) is 24.3 Å². The zero-order chi connectivity index (χ0) is 18.4. The van der Waals surface area contributed by atoms with Crippen LogP contribution in [0.2, 0.25) is 0 Å². The number of benzene rings is 2. The highest BCUT2D eigenvalue weighted by atomic mass is 28.4. The summed E-state index contributed by atoms with van der Waals surface area (Å²) in [6.07, 6.45) is 0. The predicted molar refractivity (Wildman–Crippen MR) is 107 cm³/mol. The highest BCUT2D eigenvalue weighted by Gasteiger charge is 2.47. The molecule has 0 atom stereocenters. The van der Waals surface area contributed by atoms with Crippen LogP contribution in [0.25, 0.3) is 0 Å². The molecule has 0 bridgehead atoms. The lowest BCUT2D eigenvalue weighted by Gasteiger charge is -2.37. The molecule has 144 valence electrons. The van der Waals surface area contributed by atoms with Crippen molar-refractivity contribution in [3.05, 3.63) is 60.7 Å². The van der Waals surface area contributed by atoms with Gasteiger partial charge in [0, 0.05) is 37.6 Å². The highest BCUT2D eigenvalue weighted by Crippen LogP contribution is 2.21. The van der Waals surface area contributed by atoms with Gasteiger partial charge in [-0.2, -0.15) is 0 Å². The van der Waals surface area contributed by atoms with E-state index < -0.39 is 9.05 Å². The molecule has 2 aliphatic rings. The van der Waals surface area contributed by atoms with Gasteiger partial charge < -0.3 is 27.5 Å². The van der Waals surface area contributed by atoms with Crippen LogP contribution in [0.1, 0.15) is 0 Å². The molecular formula is C20H26N2O4Si. The highest BCUT2D eigenvalue weighted by molar-refractivity contribution is 6.53. The first-order valence-corrected chi connectivity index (χ1v) is 11.1. The van der Waals surface area contributed by atoms with Crippen molar-refractivity contribution in [2.45, 2.75) is 0 Å². The van der Waals surface area contributed by atoms with E-state index in [2.05, 4.69) is 34.1 Å². The molecule has 6 nitrogen and oxygen atoms in total. The molecule has 2 heterocycles. The Balaban J connectivity index is 1.33. The van der Waals surface area contributed by atoms with Gasteiger partial charge in [0.2, 0.25) is 0 Å². The maximum atomic E-state index is 6.05. The number of rotatable bonds is 2. The molecule has 0 N–H and O–H groups in total. The van der Waals surface area contributed by atoms with Crippen molar-refractivity contribution in [3.63, 3.8) is 0 Å². The fourth-order valence-electron chi connectivity index (χ4n) is 3.39. The number of nitrogens with zero attached hydrogens (tertiary/aromatic N) is 2. The first-order chi connectivity index (χ1) is 13.3. The summed E-state index contributed by atoms with van der Waals surface area (Å²) < 4.78 is 24.2. The predicted octanol–water partition coefficient (Wildman–Crippen LogP) is 2.53. The molecule has 7 heteroatoms. The van der Waals surface area contributed by atoms with Gasteiger partial charge in [-0.1, -0.05) is 36.4 Å². The third-order valence-corrected chi connectivity index (χ3v) is 7.03. The van der Waals surface area contributed by atoms with Crippen LogP contribution in [0, 0.1) is 0 Å². The van der Waals surface area contributed by atoms with Crippen molar-refractivity contribution in [2.24, 2.45) is 0 Å². The van der Waals surface area contributed by atoms with Crippen LogP contribution in [-0.4, -0.2) is 61.7 Å². The van der Waals surface area contributed by atoms with E-state index in [1.165, 1.54) is 11.4 Å². The monoisotopic (exact) mass is 386 g/mol. The molecule has 0 aliphatic carbocycles. The second-order valence-electron chi connectivity index (χ2n) is 6.54. The first kappa shape index (κ1) is 18.5. The van der Waals surface area contributed by atoms with Gasteiger partial charge in [-0.15, -0.1) is 0 Å². The molecule has 0 unspecified atom stereocenters. The summed E-state index contributed by atoms with van der Waals surface area (Å²) >= 11 is 0. The topological polar surface area (TPSA) is 43.4 Å². The molecule has 2 saturated heterocycles. The molecular weight excluding hydrogens is 360 g/mol. The van der Waals surface area contributed by atoms with Gasteiger partial charge in [0.1, 0.15) is 0 Å². The van der Waals surface area contributed by atoms with Crippen molar-refractivity contribution in [2.75, 3.05) is 62.4 Å². The summed E-state index contributed by atoms with van der Waals surface area (Å²) in [6, 6.07) is 20.7. The third kappa shape index (κ3) is 4.69. The molecule has 2 fully saturated rings. The Morgan fingerprint density at radius 3 is 1.19 bits per heavy atom. The molecule has 0 saturated carbocycles. The van der Waals surface area contributed by atoms with Crippen LogP contribution in [-0.2, 0) is 17.7 Å². The van der Waals surface area contributed by atoms with E-state index in [0.717, 1.165) is 26.2 Å². The Morgan fingerprint density at radius 2 is 0.852 bits per heavy atom. The van der Waals surface area contributed by atoms with E-state index in [9.17, 15) is 0 Å². The second-order valence-corrected chi connectivity index (χ2v) is 8.69. The van der Waals surface area contributed by atoms with Crippen LogP contribution >= 0.6 is 0 Å². The van der Waals surface area contributed by atoms with Crippen molar-refractivity contribution in [3.8, 4) is 0 Å². The number of anilines is 2. The van der Waals surface area contributed by atoms with Gasteiger partial charge in [0.05, 0.1) is 26.4 Å². The van der Waals surface area contributed by atoms with Gasteiger partial charge in [-0.3, -0.25) is 0 Å². The number of para-hydroxylation sites is 2. The Labute approximate surface area is 161 Å². The Bertz CT molecular complexity index is 619. The van der Waals surface area contributed by atoms with Crippen LogP contribution in [0.4, 0.5) is 11.4 Å². The smallest absolute Gasteiger partial charge is 0.367 e. The summed E-state index contributed by atoms with van der Waals surface area (Å²) in [4.78, 5) is 4.53. The average molecular weight is 387 g/mol. The van der Waals surface area contributed by atoms with E-state index in [4.69, 9.17) is 17.7 Å². The van der Waals surface area contributed by atoms with E-state index in [1.807, 2.05) is 36.4 Å². The summed E-state index contributed by atoms with van der Waals surface area (Å²) in [6.45, 7) is 5.31. The third-order valence-electron chi connectivity index (χ3n) is 4.80. The normalized spacial score (nSPS) is 21.2. The number of hydrogen-bond donors (Lipinski definition) is 0. The molecule has 2 aliphatic heterocycles. The van der Waals surface area contributed by atoms with Crippen LogP contribution in [0.5, 0.6) is 0 Å². The average Bonchev–Trinajstić information content (AvgIpc) is 2.68. The van der Waals surface area contributed by atoms with Crippen LogP contribution in [0.3, 0.4) is 0 Å². The fraction of sp³-hybridized carbons (Fsp3) is 0.400. The zero-order valence-electron chi connectivity index (χ0n) is 15.5. The second kappa shape index (κ2) is 8.86. The standard InChI is InChI=1S/C20H26N2O4Si/c1-3-7-19(8-4-1)21-11-15-23-27(24-16-12-21)25-17-13-22(14-18-26-27)20-9-5-2-6-10-20/h1-10H,11-18H2. The lowest BCUT2D eigenvalue weighted by atomic mass is 10.3. The quantitative estimate of drug-likeness (QED) is 0.739. The lowest BCUT2D eigenvalue weighted by molar-refractivity contribution is -0.0387. The maximum Gasteiger partial charge on any atom is 0.679 e. The van der Waals surface area contributed by atoms with Crippen molar-refractivity contribution < 1.29 is 17.7 Å². The Kier molecular flexibility index (Phi) is 6.06. The first-order valence-electron chi connectivity index (χ1n) is 9.50. The molecule has 4 rings (SSSR count).